The fourth-order valence-corrected chi connectivity index (χ4v) is 4.89. The van der Waals surface area contributed by atoms with Crippen molar-refractivity contribution in [3.8, 4) is 23.0 Å². The first-order chi connectivity index (χ1) is 17.4. The maximum absolute atomic E-state index is 6.01. The summed E-state index contributed by atoms with van der Waals surface area (Å²) in [7, 11) is 6.70. The molecule has 0 saturated carbocycles. The number of ether oxygens (including phenoxy) is 8. The summed E-state index contributed by atoms with van der Waals surface area (Å²) in [5.74, 6) is 3.18. The minimum atomic E-state index is 0.371. The van der Waals surface area contributed by atoms with Gasteiger partial charge in [-0.3, -0.25) is 0 Å². The third-order valence-electron chi connectivity index (χ3n) is 6.82. The molecule has 2 aromatic carbocycles. The Morgan fingerprint density at radius 2 is 0.611 bits per heavy atom. The summed E-state index contributed by atoms with van der Waals surface area (Å²) in [6, 6.07) is 0. The maximum Gasteiger partial charge on any atom is 0.130 e. The van der Waals surface area contributed by atoms with Gasteiger partial charge >= 0.3 is 0 Å². The zero-order valence-corrected chi connectivity index (χ0v) is 22.9. The van der Waals surface area contributed by atoms with E-state index in [1.807, 2.05) is 27.7 Å². The Morgan fingerprint density at radius 1 is 0.389 bits per heavy atom. The first-order valence-corrected chi connectivity index (χ1v) is 12.2. The van der Waals surface area contributed by atoms with Crippen LogP contribution >= 0.6 is 0 Å². The molecule has 0 aliphatic carbocycles. The normalized spacial score (nSPS) is 15.6. The van der Waals surface area contributed by atoms with Gasteiger partial charge in [-0.05, 0) is 27.7 Å². The number of rotatable bonds is 4. The molecule has 200 valence electrons. The molecule has 0 aromatic heterocycles. The van der Waals surface area contributed by atoms with Crippen LogP contribution in [0.3, 0.4) is 0 Å². The maximum atomic E-state index is 6.01. The van der Waals surface area contributed by atoms with Crippen LogP contribution < -0.4 is 18.9 Å². The second-order valence-electron chi connectivity index (χ2n) is 8.76. The first-order valence-electron chi connectivity index (χ1n) is 12.2. The molecular formula is C28H40O8. The SMILES string of the molecule is COc1c(C)c2c(OC)c(c1C)COCCOCc1c(C)c(OC)c(C)c(c1OC)COCCOC2. The summed E-state index contributed by atoms with van der Waals surface area (Å²) >= 11 is 0. The summed E-state index contributed by atoms with van der Waals surface area (Å²) in [6.45, 7) is 11.2. The van der Waals surface area contributed by atoms with Gasteiger partial charge in [-0.1, -0.05) is 0 Å². The molecule has 36 heavy (non-hydrogen) atoms. The van der Waals surface area contributed by atoms with Crippen LogP contribution in [0.5, 0.6) is 23.0 Å². The van der Waals surface area contributed by atoms with E-state index in [2.05, 4.69) is 0 Å². The summed E-state index contributed by atoms with van der Waals surface area (Å²) in [5, 5.41) is 0. The molecule has 1 aliphatic heterocycles. The second kappa shape index (κ2) is 13.1. The van der Waals surface area contributed by atoms with Gasteiger partial charge in [-0.2, -0.15) is 0 Å². The Hall–Kier alpha value is -2.52. The van der Waals surface area contributed by atoms with Crippen molar-refractivity contribution in [3.63, 3.8) is 0 Å². The standard InChI is InChI=1S/C28H40O8/c1-17-21-13-33-9-10-35-15-23-19(3)26(30-6)20(4)24(28(23)32-8)16-36-12-11-34-14-22(27(21)31-7)18(2)25(17)29-5/h9-16H2,1-8H3. The molecule has 0 atom stereocenters. The Bertz CT molecular complexity index is 893. The molecule has 0 radical (unpaired) electrons. The third-order valence-corrected chi connectivity index (χ3v) is 6.82. The van der Waals surface area contributed by atoms with Crippen LogP contribution in [-0.2, 0) is 45.4 Å². The smallest absolute Gasteiger partial charge is 0.130 e. The minimum absolute atomic E-state index is 0.371. The highest BCUT2D eigenvalue weighted by Gasteiger charge is 2.23. The van der Waals surface area contributed by atoms with Gasteiger partial charge in [-0.15, -0.1) is 0 Å². The Kier molecular flexibility index (Phi) is 10.2. The highest BCUT2D eigenvalue weighted by atomic mass is 16.5. The number of fused-ring (bicyclic) bond motifs is 4. The largest absolute Gasteiger partial charge is 0.496 e. The van der Waals surface area contributed by atoms with Crippen molar-refractivity contribution in [2.24, 2.45) is 0 Å². The van der Waals surface area contributed by atoms with Crippen LogP contribution in [0.15, 0.2) is 0 Å². The van der Waals surface area contributed by atoms with Crippen LogP contribution in [0.4, 0.5) is 0 Å². The van der Waals surface area contributed by atoms with Crippen molar-refractivity contribution in [3.05, 3.63) is 44.5 Å². The fraction of sp³-hybridized carbons (Fsp3) is 0.571. The molecule has 0 amide bonds. The Morgan fingerprint density at radius 3 is 0.806 bits per heavy atom. The first kappa shape index (κ1) is 28.1. The topological polar surface area (TPSA) is 73.8 Å². The van der Waals surface area contributed by atoms with Crippen LogP contribution in [0, 0.1) is 27.7 Å². The molecule has 8 heteroatoms. The van der Waals surface area contributed by atoms with Gasteiger partial charge < -0.3 is 37.9 Å². The number of methoxy groups -OCH3 is 4. The summed E-state index contributed by atoms with van der Waals surface area (Å²) < 4.78 is 47.1. The van der Waals surface area contributed by atoms with E-state index in [1.54, 1.807) is 28.4 Å². The quantitative estimate of drug-likeness (QED) is 0.592. The van der Waals surface area contributed by atoms with E-state index < -0.39 is 0 Å². The zero-order chi connectivity index (χ0) is 26.2. The monoisotopic (exact) mass is 504 g/mol. The van der Waals surface area contributed by atoms with Gasteiger partial charge in [0.25, 0.3) is 0 Å². The van der Waals surface area contributed by atoms with Crippen molar-refractivity contribution >= 4 is 0 Å². The van der Waals surface area contributed by atoms with Gasteiger partial charge in [-0.25, -0.2) is 0 Å². The third kappa shape index (κ3) is 5.72. The predicted octanol–water partition coefficient (Wildman–Crippen LogP) is 4.73. The Labute approximate surface area is 214 Å². The van der Waals surface area contributed by atoms with Crippen molar-refractivity contribution in [1.82, 2.24) is 0 Å². The van der Waals surface area contributed by atoms with E-state index in [9.17, 15) is 0 Å². The van der Waals surface area contributed by atoms with E-state index >= 15 is 0 Å². The van der Waals surface area contributed by atoms with Crippen molar-refractivity contribution < 1.29 is 37.9 Å². The van der Waals surface area contributed by atoms with Crippen LogP contribution in [-0.4, -0.2) is 54.9 Å². The van der Waals surface area contributed by atoms with E-state index in [0.29, 0.717) is 52.9 Å². The Balaban J connectivity index is 1.91. The van der Waals surface area contributed by atoms with Crippen LogP contribution in [0.25, 0.3) is 0 Å². The predicted molar refractivity (Wildman–Crippen MR) is 137 cm³/mol. The van der Waals surface area contributed by atoms with Gasteiger partial charge in [0.15, 0.2) is 0 Å². The van der Waals surface area contributed by atoms with Crippen molar-refractivity contribution in [2.75, 3.05) is 54.9 Å². The molecular weight excluding hydrogens is 464 g/mol. The summed E-state index contributed by atoms with van der Waals surface area (Å²) in [6.07, 6.45) is 0. The van der Waals surface area contributed by atoms with Crippen molar-refractivity contribution in [1.29, 1.82) is 0 Å². The van der Waals surface area contributed by atoms with E-state index in [4.69, 9.17) is 37.9 Å². The molecule has 0 spiro atoms. The molecule has 3 rings (SSSR count). The molecule has 0 unspecified atom stereocenters. The molecule has 4 bridgehead atoms. The molecule has 1 heterocycles. The highest BCUT2D eigenvalue weighted by Crippen LogP contribution is 2.40. The number of hydrogen-bond acceptors (Lipinski definition) is 8. The molecule has 0 fully saturated rings. The highest BCUT2D eigenvalue weighted by molar-refractivity contribution is 5.59. The van der Waals surface area contributed by atoms with Crippen molar-refractivity contribution in [2.45, 2.75) is 54.1 Å². The molecule has 0 saturated heterocycles. The summed E-state index contributed by atoms with van der Waals surface area (Å²) in [4.78, 5) is 0. The van der Waals surface area contributed by atoms with Crippen LogP contribution in [0.1, 0.15) is 44.5 Å². The lowest BCUT2D eigenvalue weighted by atomic mass is 9.97. The number of hydrogen-bond donors (Lipinski definition) is 0. The lowest BCUT2D eigenvalue weighted by Gasteiger charge is -2.23. The minimum Gasteiger partial charge on any atom is -0.496 e. The zero-order valence-electron chi connectivity index (χ0n) is 22.9. The van der Waals surface area contributed by atoms with Gasteiger partial charge in [0.2, 0.25) is 0 Å². The van der Waals surface area contributed by atoms with E-state index in [0.717, 1.165) is 67.5 Å². The van der Waals surface area contributed by atoms with Gasteiger partial charge in [0, 0.05) is 44.5 Å². The molecule has 1 aliphatic rings. The number of benzene rings is 2. The average Bonchev–Trinajstić information content (AvgIpc) is 2.87. The van der Waals surface area contributed by atoms with E-state index in [1.165, 1.54) is 0 Å². The van der Waals surface area contributed by atoms with Crippen LogP contribution in [0.2, 0.25) is 0 Å². The van der Waals surface area contributed by atoms with E-state index in [-0.39, 0.29) is 0 Å². The average molecular weight is 505 g/mol. The lowest BCUT2D eigenvalue weighted by molar-refractivity contribution is 0.0278. The molecule has 2 aromatic rings. The molecule has 0 N–H and O–H groups in total. The second-order valence-corrected chi connectivity index (χ2v) is 8.76. The fourth-order valence-electron chi connectivity index (χ4n) is 4.89. The van der Waals surface area contributed by atoms with Gasteiger partial charge in [0.1, 0.15) is 23.0 Å². The lowest BCUT2D eigenvalue weighted by Crippen LogP contribution is -2.13. The van der Waals surface area contributed by atoms with Gasteiger partial charge in [0.05, 0.1) is 81.3 Å². The molecule has 8 nitrogen and oxygen atoms in total. The summed E-state index contributed by atoms with van der Waals surface area (Å²) in [5.41, 5.74) is 7.76.